The maximum absolute atomic E-state index is 10.9. The minimum absolute atomic E-state index is 0.246. The van der Waals surface area contributed by atoms with Gasteiger partial charge in [-0.2, -0.15) is 0 Å². The predicted molar refractivity (Wildman–Crippen MR) is 73.1 cm³/mol. The number of rotatable bonds is 4. The lowest BCUT2D eigenvalue weighted by atomic mass is 9.85. The van der Waals surface area contributed by atoms with Crippen LogP contribution in [-0.2, 0) is 0 Å². The number of benzene rings is 1. The summed E-state index contributed by atoms with van der Waals surface area (Å²) in [6.07, 6.45) is 5.57. The van der Waals surface area contributed by atoms with Gasteiger partial charge in [0.1, 0.15) is 12.4 Å². The van der Waals surface area contributed by atoms with E-state index < -0.39 is 5.60 Å². The van der Waals surface area contributed by atoms with Crippen LogP contribution in [0.15, 0.2) is 22.7 Å². The highest BCUT2D eigenvalue weighted by atomic mass is 79.9. The molecule has 1 aliphatic carbocycles. The Morgan fingerprint density at radius 2 is 2.06 bits per heavy atom. The van der Waals surface area contributed by atoms with Gasteiger partial charge in [-0.3, -0.25) is 4.79 Å². The Bertz CT molecular complexity index is 425. The van der Waals surface area contributed by atoms with E-state index >= 15 is 0 Å². The molecule has 0 saturated heterocycles. The second kappa shape index (κ2) is 5.85. The molecule has 18 heavy (non-hydrogen) atoms. The van der Waals surface area contributed by atoms with Crippen LogP contribution in [-0.4, -0.2) is 23.6 Å². The van der Waals surface area contributed by atoms with Crippen molar-refractivity contribution in [3.8, 4) is 5.75 Å². The first kappa shape index (κ1) is 13.6. The quantitative estimate of drug-likeness (QED) is 0.867. The SMILES string of the molecule is O=Cc1cccc(Br)c1OCC1(O)CCCCC1. The molecule has 0 spiro atoms. The highest BCUT2D eigenvalue weighted by Gasteiger charge is 2.30. The van der Waals surface area contributed by atoms with Gasteiger partial charge < -0.3 is 9.84 Å². The van der Waals surface area contributed by atoms with Gasteiger partial charge in [0.05, 0.1) is 15.6 Å². The molecular weight excluding hydrogens is 296 g/mol. The molecule has 4 heteroatoms. The summed E-state index contributed by atoms with van der Waals surface area (Å²) >= 11 is 3.37. The Balaban J connectivity index is 2.07. The fourth-order valence-corrected chi connectivity index (χ4v) is 2.83. The molecule has 0 radical (unpaired) electrons. The van der Waals surface area contributed by atoms with Crippen molar-refractivity contribution in [2.24, 2.45) is 0 Å². The maximum Gasteiger partial charge on any atom is 0.153 e. The third kappa shape index (κ3) is 3.12. The molecule has 1 N–H and O–H groups in total. The third-order valence-corrected chi connectivity index (χ3v) is 4.02. The van der Waals surface area contributed by atoms with Crippen LogP contribution in [0.25, 0.3) is 0 Å². The van der Waals surface area contributed by atoms with Gasteiger partial charge in [-0.25, -0.2) is 0 Å². The highest BCUT2D eigenvalue weighted by Crippen LogP contribution is 2.32. The standard InChI is InChI=1S/C14H17BrO3/c15-12-6-4-5-11(9-16)13(12)18-10-14(17)7-2-1-3-8-14/h4-6,9,17H,1-3,7-8,10H2. The fourth-order valence-electron chi connectivity index (χ4n) is 2.33. The van der Waals surface area contributed by atoms with Crippen molar-refractivity contribution in [3.05, 3.63) is 28.2 Å². The highest BCUT2D eigenvalue weighted by molar-refractivity contribution is 9.10. The number of ether oxygens (including phenoxy) is 1. The smallest absolute Gasteiger partial charge is 0.153 e. The summed E-state index contributed by atoms with van der Waals surface area (Å²) in [5.74, 6) is 0.520. The molecule has 0 bridgehead atoms. The van der Waals surface area contributed by atoms with Crippen molar-refractivity contribution in [2.45, 2.75) is 37.7 Å². The molecule has 0 aromatic heterocycles. The molecule has 0 amide bonds. The first-order valence-electron chi connectivity index (χ1n) is 6.23. The number of halogens is 1. The van der Waals surface area contributed by atoms with E-state index in [2.05, 4.69) is 15.9 Å². The van der Waals surface area contributed by atoms with Crippen LogP contribution in [0.1, 0.15) is 42.5 Å². The lowest BCUT2D eigenvalue weighted by Crippen LogP contribution is -2.38. The fraction of sp³-hybridized carbons (Fsp3) is 0.500. The van der Waals surface area contributed by atoms with Gasteiger partial charge >= 0.3 is 0 Å². The predicted octanol–water partition coefficient (Wildman–Crippen LogP) is 3.34. The lowest BCUT2D eigenvalue weighted by molar-refractivity contribution is -0.0341. The maximum atomic E-state index is 10.9. The molecule has 1 fully saturated rings. The summed E-state index contributed by atoms with van der Waals surface area (Å²) in [7, 11) is 0. The van der Waals surface area contributed by atoms with Gasteiger partial charge in [-0.05, 0) is 40.9 Å². The second-order valence-corrected chi connectivity index (χ2v) is 5.70. The zero-order valence-electron chi connectivity index (χ0n) is 10.2. The van der Waals surface area contributed by atoms with Gasteiger partial charge in [0, 0.05) is 0 Å². The summed E-state index contributed by atoms with van der Waals surface area (Å²) in [5.41, 5.74) is -0.239. The normalized spacial score (nSPS) is 18.3. The molecule has 2 rings (SSSR count). The van der Waals surface area contributed by atoms with E-state index in [1.807, 2.05) is 6.07 Å². The molecule has 1 saturated carbocycles. The second-order valence-electron chi connectivity index (χ2n) is 4.85. The van der Waals surface area contributed by atoms with E-state index in [9.17, 15) is 9.90 Å². The summed E-state index contributed by atoms with van der Waals surface area (Å²) in [6.45, 7) is 0.246. The van der Waals surface area contributed by atoms with E-state index in [1.165, 1.54) is 6.42 Å². The van der Waals surface area contributed by atoms with Crippen LogP contribution in [0.2, 0.25) is 0 Å². The average Bonchev–Trinajstić information content (AvgIpc) is 2.38. The zero-order chi connectivity index (χ0) is 13.0. The minimum atomic E-state index is -0.742. The molecule has 3 nitrogen and oxygen atoms in total. The number of aliphatic hydroxyl groups is 1. The van der Waals surface area contributed by atoms with Crippen molar-refractivity contribution >= 4 is 22.2 Å². The molecule has 0 atom stereocenters. The van der Waals surface area contributed by atoms with Crippen molar-refractivity contribution in [3.63, 3.8) is 0 Å². The first-order valence-corrected chi connectivity index (χ1v) is 7.03. The largest absolute Gasteiger partial charge is 0.489 e. The Morgan fingerprint density at radius 1 is 1.33 bits per heavy atom. The molecule has 98 valence electrons. The van der Waals surface area contributed by atoms with E-state index in [0.717, 1.165) is 36.4 Å². The summed E-state index contributed by atoms with van der Waals surface area (Å²) in [5, 5.41) is 10.4. The summed E-state index contributed by atoms with van der Waals surface area (Å²) in [6, 6.07) is 5.32. The monoisotopic (exact) mass is 312 g/mol. The Kier molecular flexibility index (Phi) is 4.40. The molecule has 1 aromatic carbocycles. The topological polar surface area (TPSA) is 46.5 Å². The Morgan fingerprint density at radius 3 is 2.72 bits per heavy atom. The van der Waals surface area contributed by atoms with E-state index in [-0.39, 0.29) is 6.61 Å². The average molecular weight is 313 g/mol. The summed E-state index contributed by atoms with van der Waals surface area (Å²) < 4.78 is 6.42. The molecular formula is C14H17BrO3. The zero-order valence-corrected chi connectivity index (χ0v) is 11.8. The third-order valence-electron chi connectivity index (χ3n) is 3.39. The number of para-hydroxylation sites is 1. The van der Waals surface area contributed by atoms with E-state index in [0.29, 0.717) is 11.3 Å². The van der Waals surface area contributed by atoms with Crippen LogP contribution in [0, 0.1) is 0 Å². The Labute approximate surface area is 115 Å². The number of aldehydes is 1. The van der Waals surface area contributed by atoms with E-state index in [4.69, 9.17) is 4.74 Å². The summed E-state index contributed by atoms with van der Waals surface area (Å²) in [4.78, 5) is 10.9. The van der Waals surface area contributed by atoms with Crippen LogP contribution >= 0.6 is 15.9 Å². The number of carbonyl (C=O) groups is 1. The van der Waals surface area contributed by atoms with Crippen molar-refractivity contribution in [2.75, 3.05) is 6.61 Å². The number of hydrogen-bond acceptors (Lipinski definition) is 3. The van der Waals surface area contributed by atoms with Gasteiger partial charge in [-0.15, -0.1) is 0 Å². The van der Waals surface area contributed by atoms with E-state index in [1.54, 1.807) is 12.1 Å². The van der Waals surface area contributed by atoms with Gasteiger partial charge in [0.25, 0.3) is 0 Å². The minimum Gasteiger partial charge on any atom is -0.489 e. The van der Waals surface area contributed by atoms with Crippen LogP contribution in [0.4, 0.5) is 0 Å². The molecule has 1 aromatic rings. The van der Waals surface area contributed by atoms with Crippen LogP contribution in [0.3, 0.4) is 0 Å². The molecule has 0 aliphatic heterocycles. The van der Waals surface area contributed by atoms with Crippen molar-refractivity contribution in [1.29, 1.82) is 0 Å². The number of hydrogen-bond donors (Lipinski definition) is 1. The first-order chi connectivity index (χ1) is 8.64. The lowest BCUT2D eigenvalue weighted by Gasteiger charge is -2.32. The molecule has 0 unspecified atom stereocenters. The van der Waals surface area contributed by atoms with Crippen LogP contribution in [0.5, 0.6) is 5.75 Å². The molecule has 0 heterocycles. The molecule has 1 aliphatic rings. The van der Waals surface area contributed by atoms with Gasteiger partial charge in [-0.1, -0.05) is 25.3 Å². The van der Waals surface area contributed by atoms with Crippen LogP contribution < -0.4 is 4.74 Å². The van der Waals surface area contributed by atoms with Crippen molar-refractivity contribution in [1.82, 2.24) is 0 Å². The van der Waals surface area contributed by atoms with Gasteiger partial charge in [0.15, 0.2) is 6.29 Å². The Hall–Kier alpha value is -0.870. The number of carbonyl (C=O) groups excluding carboxylic acids is 1. The van der Waals surface area contributed by atoms with Gasteiger partial charge in [0.2, 0.25) is 0 Å². The van der Waals surface area contributed by atoms with Crippen molar-refractivity contribution < 1.29 is 14.6 Å².